The van der Waals surface area contributed by atoms with E-state index < -0.39 is 0 Å². The highest BCUT2D eigenvalue weighted by Crippen LogP contribution is 2.24. The van der Waals surface area contributed by atoms with Crippen molar-refractivity contribution in [3.63, 3.8) is 0 Å². The molecule has 1 aliphatic heterocycles. The van der Waals surface area contributed by atoms with Crippen molar-refractivity contribution in [2.75, 3.05) is 26.7 Å². The van der Waals surface area contributed by atoms with Crippen LogP contribution in [0.4, 0.5) is 0 Å². The summed E-state index contributed by atoms with van der Waals surface area (Å²) in [7, 11) is 1.69. The second-order valence-corrected chi connectivity index (χ2v) is 6.67. The number of aryl methyl sites for hydroxylation is 1. The van der Waals surface area contributed by atoms with Crippen LogP contribution >= 0.6 is 0 Å². The monoisotopic (exact) mass is 318 g/mol. The molecule has 4 heteroatoms. The molecule has 0 spiro atoms. The number of hydrogen-bond acceptors (Lipinski definition) is 3. The molecule has 1 aromatic carbocycles. The van der Waals surface area contributed by atoms with Crippen molar-refractivity contribution >= 4 is 5.91 Å². The summed E-state index contributed by atoms with van der Waals surface area (Å²) in [6.45, 7) is 7.11. The van der Waals surface area contributed by atoms with Gasteiger partial charge in [-0.15, -0.1) is 0 Å². The first-order chi connectivity index (χ1) is 11.1. The highest BCUT2D eigenvalue weighted by Gasteiger charge is 2.21. The molecular formula is C19H30N2O2. The minimum Gasteiger partial charge on any atom is -0.496 e. The Hall–Kier alpha value is -1.55. The Morgan fingerprint density at radius 1 is 1.39 bits per heavy atom. The third kappa shape index (κ3) is 5.54. The van der Waals surface area contributed by atoms with Gasteiger partial charge in [-0.25, -0.2) is 0 Å². The van der Waals surface area contributed by atoms with Gasteiger partial charge in [0.25, 0.3) is 0 Å². The standard InChI is InChI=1S/C19H30N2O2/c1-14-4-5-16(13-18(14)23-3)6-11-21-19(22)12-15(2)17-7-9-20-10-8-17/h4-5,13,15,17,20H,6-12H2,1-3H3,(H,21,22). The molecule has 1 aliphatic rings. The molecule has 0 saturated carbocycles. The van der Waals surface area contributed by atoms with Gasteiger partial charge < -0.3 is 15.4 Å². The average Bonchev–Trinajstić information content (AvgIpc) is 2.57. The van der Waals surface area contributed by atoms with Gasteiger partial charge in [-0.2, -0.15) is 0 Å². The molecule has 23 heavy (non-hydrogen) atoms. The van der Waals surface area contributed by atoms with Gasteiger partial charge in [0.15, 0.2) is 0 Å². The van der Waals surface area contributed by atoms with E-state index in [4.69, 9.17) is 4.74 Å². The maximum atomic E-state index is 12.1. The first-order valence-corrected chi connectivity index (χ1v) is 8.71. The highest BCUT2D eigenvalue weighted by atomic mass is 16.5. The third-order valence-electron chi connectivity index (χ3n) is 4.90. The summed E-state index contributed by atoms with van der Waals surface area (Å²) >= 11 is 0. The molecule has 1 atom stereocenters. The van der Waals surface area contributed by atoms with Crippen LogP contribution < -0.4 is 15.4 Å². The van der Waals surface area contributed by atoms with Crippen molar-refractivity contribution in [1.29, 1.82) is 0 Å². The lowest BCUT2D eigenvalue weighted by molar-refractivity contribution is -0.122. The van der Waals surface area contributed by atoms with Crippen LogP contribution in [0.15, 0.2) is 18.2 Å². The van der Waals surface area contributed by atoms with Gasteiger partial charge in [-0.05, 0) is 68.3 Å². The minimum atomic E-state index is 0.176. The summed E-state index contributed by atoms with van der Waals surface area (Å²) < 4.78 is 5.34. The Balaban J connectivity index is 1.72. The quantitative estimate of drug-likeness (QED) is 0.813. The van der Waals surface area contributed by atoms with Crippen LogP contribution in [0, 0.1) is 18.8 Å². The van der Waals surface area contributed by atoms with Crippen LogP contribution in [0.5, 0.6) is 5.75 Å². The molecule has 2 rings (SSSR count). The van der Waals surface area contributed by atoms with Crippen molar-refractivity contribution in [1.82, 2.24) is 10.6 Å². The largest absolute Gasteiger partial charge is 0.496 e. The molecule has 128 valence electrons. The molecule has 1 heterocycles. The molecule has 4 nitrogen and oxygen atoms in total. The molecule has 0 aromatic heterocycles. The maximum absolute atomic E-state index is 12.1. The fourth-order valence-corrected chi connectivity index (χ4v) is 3.31. The zero-order chi connectivity index (χ0) is 16.7. The maximum Gasteiger partial charge on any atom is 0.220 e. The molecule has 2 N–H and O–H groups in total. The fourth-order valence-electron chi connectivity index (χ4n) is 3.31. The van der Waals surface area contributed by atoms with Crippen molar-refractivity contribution < 1.29 is 9.53 Å². The topological polar surface area (TPSA) is 50.4 Å². The number of carbonyl (C=O) groups excluding carboxylic acids is 1. The lowest BCUT2D eigenvalue weighted by Gasteiger charge is -2.27. The molecule has 0 radical (unpaired) electrons. The predicted molar refractivity (Wildman–Crippen MR) is 93.8 cm³/mol. The van der Waals surface area contributed by atoms with E-state index in [1.54, 1.807) is 7.11 Å². The van der Waals surface area contributed by atoms with Gasteiger partial charge >= 0.3 is 0 Å². The second kappa shape index (κ2) is 8.92. The van der Waals surface area contributed by atoms with E-state index in [0.29, 0.717) is 24.8 Å². The van der Waals surface area contributed by atoms with E-state index in [9.17, 15) is 4.79 Å². The third-order valence-corrected chi connectivity index (χ3v) is 4.90. The van der Waals surface area contributed by atoms with E-state index in [1.165, 1.54) is 18.4 Å². The zero-order valence-electron chi connectivity index (χ0n) is 14.7. The number of methoxy groups -OCH3 is 1. The summed E-state index contributed by atoms with van der Waals surface area (Å²) in [4.78, 5) is 12.1. The molecule has 1 amide bonds. The molecule has 1 unspecified atom stereocenters. The van der Waals surface area contributed by atoms with Gasteiger partial charge in [-0.1, -0.05) is 19.1 Å². The number of carbonyl (C=O) groups is 1. The number of rotatable bonds is 7. The van der Waals surface area contributed by atoms with E-state index >= 15 is 0 Å². The van der Waals surface area contributed by atoms with E-state index in [0.717, 1.165) is 30.8 Å². The molecule has 1 fully saturated rings. The number of amides is 1. The molecular weight excluding hydrogens is 288 g/mol. The number of nitrogens with one attached hydrogen (secondary N) is 2. The highest BCUT2D eigenvalue weighted by molar-refractivity contribution is 5.76. The van der Waals surface area contributed by atoms with E-state index in [2.05, 4.69) is 35.8 Å². The molecule has 1 saturated heterocycles. The summed E-state index contributed by atoms with van der Waals surface area (Å²) in [5, 5.41) is 6.44. The predicted octanol–water partition coefficient (Wildman–Crippen LogP) is 2.69. The van der Waals surface area contributed by atoms with E-state index in [-0.39, 0.29) is 5.91 Å². The zero-order valence-corrected chi connectivity index (χ0v) is 14.7. The SMILES string of the molecule is COc1cc(CCNC(=O)CC(C)C2CCNCC2)ccc1C. The van der Waals surface area contributed by atoms with Crippen molar-refractivity contribution in [2.24, 2.45) is 11.8 Å². The Morgan fingerprint density at radius 3 is 2.83 bits per heavy atom. The van der Waals surface area contributed by atoms with Crippen LogP contribution in [-0.4, -0.2) is 32.7 Å². The first-order valence-electron chi connectivity index (χ1n) is 8.71. The van der Waals surface area contributed by atoms with Crippen molar-refractivity contribution in [3.05, 3.63) is 29.3 Å². The van der Waals surface area contributed by atoms with Crippen molar-refractivity contribution in [2.45, 2.75) is 39.5 Å². The Labute approximate surface area is 140 Å². The average molecular weight is 318 g/mol. The van der Waals surface area contributed by atoms with E-state index in [1.807, 2.05) is 6.92 Å². The normalized spacial score (nSPS) is 16.8. The van der Waals surface area contributed by atoms with Crippen LogP contribution in [0.25, 0.3) is 0 Å². The lowest BCUT2D eigenvalue weighted by Crippen LogP contribution is -2.34. The lowest BCUT2D eigenvalue weighted by atomic mass is 9.84. The molecule has 1 aromatic rings. The smallest absolute Gasteiger partial charge is 0.220 e. The first kappa shape index (κ1) is 17.8. The second-order valence-electron chi connectivity index (χ2n) is 6.67. The number of hydrogen-bond donors (Lipinski definition) is 2. The number of ether oxygens (including phenoxy) is 1. The summed E-state index contributed by atoms with van der Waals surface area (Å²) in [6, 6.07) is 6.22. The summed E-state index contributed by atoms with van der Waals surface area (Å²) in [6.07, 6.45) is 3.86. The van der Waals surface area contributed by atoms with Crippen LogP contribution in [0.3, 0.4) is 0 Å². The fraction of sp³-hybridized carbons (Fsp3) is 0.632. The van der Waals surface area contributed by atoms with Crippen LogP contribution in [0.1, 0.15) is 37.3 Å². The number of benzene rings is 1. The Kier molecular flexibility index (Phi) is 6.90. The summed E-state index contributed by atoms with van der Waals surface area (Å²) in [5.41, 5.74) is 2.33. The van der Waals surface area contributed by atoms with Gasteiger partial charge in [0, 0.05) is 13.0 Å². The Bertz CT molecular complexity index is 510. The number of piperidine rings is 1. The van der Waals surface area contributed by atoms with Crippen LogP contribution in [-0.2, 0) is 11.2 Å². The van der Waals surface area contributed by atoms with Crippen LogP contribution in [0.2, 0.25) is 0 Å². The molecule has 0 bridgehead atoms. The van der Waals surface area contributed by atoms with Gasteiger partial charge in [-0.3, -0.25) is 4.79 Å². The van der Waals surface area contributed by atoms with Gasteiger partial charge in [0.05, 0.1) is 7.11 Å². The van der Waals surface area contributed by atoms with Gasteiger partial charge in [0.2, 0.25) is 5.91 Å². The van der Waals surface area contributed by atoms with Gasteiger partial charge in [0.1, 0.15) is 5.75 Å². The summed E-state index contributed by atoms with van der Waals surface area (Å²) in [5.74, 6) is 2.24. The molecule has 0 aliphatic carbocycles. The minimum absolute atomic E-state index is 0.176. The Morgan fingerprint density at radius 2 is 2.13 bits per heavy atom. The van der Waals surface area contributed by atoms with Crippen molar-refractivity contribution in [3.8, 4) is 5.75 Å².